The minimum absolute atomic E-state index is 0.0563. The molecule has 0 atom stereocenters. The van der Waals surface area contributed by atoms with Crippen molar-refractivity contribution in [3.05, 3.63) is 70.6 Å². The lowest BCUT2D eigenvalue weighted by Crippen LogP contribution is -2.37. The zero-order valence-corrected chi connectivity index (χ0v) is 16.9. The van der Waals surface area contributed by atoms with Gasteiger partial charge in [0.2, 0.25) is 0 Å². The zero-order valence-electron chi connectivity index (χ0n) is 15.2. The van der Waals surface area contributed by atoms with Gasteiger partial charge >= 0.3 is 6.09 Å². The number of hydrogen-bond acceptors (Lipinski definition) is 6. The summed E-state index contributed by atoms with van der Waals surface area (Å²) in [4.78, 5) is 13.8. The molecule has 2 aromatic carbocycles. The Morgan fingerprint density at radius 3 is 2.30 bits per heavy atom. The summed E-state index contributed by atoms with van der Waals surface area (Å²) in [6, 6.07) is 11.0. The Labute approximate surface area is 174 Å². The maximum atomic E-state index is 14.8. The van der Waals surface area contributed by atoms with E-state index in [0.29, 0.717) is 0 Å². The molecular formula is C19H15F2N3O4S2. The highest BCUT2D eigenvalue weighted by Gasteiger charge is 2.45. The number of thiazole rings is 1. The van der Waals surface area contributed by atoms with Crippen LogP contribution in [0.2, 0.25) is 0 Å². The van der Waals surface area contributed by atoms with E-state index in [0.717, 1.165) is 47.3 Å². The molecule has 1 aliphatic rings. The normalized spacial score (nSPS) is 14.9. The molecule has 0 unspecified atom stereocenters. The number of aromatic nitrogens is 1. The summed E-state index contributed by atoms with van der Waals surface area (Å²) >= 11 is 0.941. The van der Waals surface area contributed by atoms with Crippen molar-refractivity contribution in [2.75, 3.05) is 9.62 Å². The Balaban J connectivity index is 1.71. The second-order valence-electron chi connectivity index (χ2n) is 6.74. The topological polar surface area (TPSA) is 99.6 Å². The van der Waals surface area contributed by atoms with Crippen LogP contribution in [0, 0.1) is 11.6 Å². The molecule has 7 nitrogen and oxygen atoms in total. The SMILES string of the molecule is O=C(O)N(c1cscn1)S(=O)(=O)c1c(F)cc(NC2(c3ccccc3)CC2)cc1F. The average Bonchev–Trinajstić information content (AvgIpc) is 3.26. The molecule has 30 heavy (non-hydrogen) atoms. The van der Waals surface area contributed by atoms with Crippen LogP contribution < -0.4 is 9.62 Å². The molecule has 4 rings (SSSR count). The van der Waals surface area contributed by atoms with E-state index in [1.54, 1.807) is 0 Å². The molecule has 156 valence electrons. The number of benzene rings is 2. The minimum Gasteiger partial charge on any atom is -0.464 e. The minimum atomic E-state index is -5.08. The van der Waals surface area contributed by atoms with E-state index in [1.165, 1.54) is 5.51 Å². The van der Waals surface area contributed by atoms with Gasteiger partial charge in [0.1, 0.15) is 11.6 Å². The van der Waals surface area contributed by atoms with E-state index >= 15 is 0 Å². The van der Waals surface area contributed by atoms with Gasteiger partial charge in [-0.1, -0.05) is 30.3 Å². The number of nitrogens with one attached hydrogen (secondary N) is 1. The van der Waals surface area contributed by atoms with Gasteiger partial charge in [-0.3, -0.25) is 0 Å². The molecule has 0 aliphatic heterocycles. The van der Waals surface area contributed by atoms with Gasteiger partial charge < -0.3 is 10.4 Å². The molecule has 11 heteroatoms. The standard InChI is InChI=1S/C19H15F2N3O4S2/c20-14-8-13(23-19(6-7-19)12-4-2-1-3-5-12)9-15(21)17(14)30(27,28)24(18(25)26)16-10-29-11-22-16/h1-5,8-11,23H,6-7H2,(H,25,26). The number of hydrogen-bond donors (Lipinski definition) is 2. The number of anilines is 2. The van der Waals surface area contributed by atoms with Gasteiger partial charge in [0, 0.05) is 11.1 Å². The Bertz CT molecular complexity index is 1170. The summed E-state index contributed by atoms with van der Waals surface area (Å²) < 4.78 is 54.9. The van der Waals surface area contributed by atoms with E-state index in [2.05, 4.69) is 10.3 Å². The average molecular weight is 451 g/mol. The van der Waals surface area contributed by atoms with Crippen LogP contribution in [0.25, 0.3) is 0 Å². The molecule has 1 aromatic heterocycles. The first kappa shape index (κ1) is 20.2. The highest BCUT2D eigenvalue weighted by atomic mass is 32.2. The third-order valence-corrected chi connectivity index (χ3v) is 7.06. The molecule has 2 N–H and O–H groups in total. The fraction of sp³-hybridized carbons (Fsp3) is 0.158. The van der Waals surface area contributed by atoms with Gasteiger partial charge in [-0.15, -0.1) is 15.6 Å². The van der Waals surface area contributed by atoms with Crippen LogP contribution in [-0.4, -0.2) is 24.6 Å². The van der Waals surface area contributed by atoms with Crippen molar-refractivity contribution in [2.24, 2.45) is 0 Å². The lowest BCUT2D eigenvalue weighted by atomic mass is 10.0. The number of halogens is 2. The fourth-order valence-electron chi connectivity index (χ4n) is 3.24. The van der Waals surface area contributed by atoms with Gasteiger partial charge in [-0.05, 0) is 30.5 Å². The second kappa shape index (κ2) is 7.33. The third kappa shape index (κ3) is 3.50. The fourth-order valence-corrected chi connectivity index (χ4v) is 5.17. The van der Waals surface area contributed by atoms with Crippen LogP contribution in [0.3, 0.4) is 0 Å². The van der Waals surface area contributed by atoms with Crippen molar-refractivity contribution in [1.29, 1.82) is 0 Å². The summed E-state index contributed by atoms with van der Waals surface area (Å²) in [5.74, 6) is -3.26. The molecule has 1 fully saturated rings. The Hall–Kier alpha value is -3.05. The molecule has 0 bridgehead atoms. The number of carbonyl (C=O) groups is 1. The van der Waals surface area contributed by atoms with Gasteiger partial charge in [0.25, 0.3) is 10.0 Å². The molecule has 0 saturated heterocycles. The Morgan fingerprint density at radius 2 is 1.80 bits per heavy atom. The van der Waals surface area contributed by atoms with Crippen molar-refractivity contribution >= 4 is 39.0 Å². The van der Waals surface area contributed by atoms with E-state index < -0.39 is 44.0 Å². The highest BCUT2D eigenvalue weighted by molar-refractivity contribution is 7.93. The molecule has 0 radical (unpaired) electrons. The summed E-state index contributed by atoms with van der Waals surface area (Å²) in [7, 11) is -5.08. The van der Waals surface area contributed by atoms with Gasteiger partial charge in [-0.2, -0.15) is 0 Å². The van der Waals surface area contributed by atoms with E-state index in [9.17, 15) is 27.1 Å². The first-order valence-corrected chi connectivity index (χ1v) is 11.1. The quantitative estimate of drug-likeness (QED) is 0.577. The largest absolute Gasteiger partial charge is 0.464 e. The summed E-state index contributed by atoms with van der Waals surface area (Å²) in [5.41, 5.74) is 1.73. The molecule has 0 spiro atoms. The van der Waals surface area contributed by atoms with Crippen molar-refractivity contribution in [1.82, 2.24) is 4.98 Å². The van der Waals surface area contributed by atoms with Crippen LogP contribution in [0.4, 0.5) is 25.1 Å². The van der Waals surface area contributed by atoms with Crippen LogP contribution >= 0.6 is 11.3 Å². The lowest BCUT2D eigenvalue weighted by Gasteiger charge is -2.21. The summed E-state index contributed by atoms with van der Waals surface area (Å²) in [5, 5.41) is 13.5. The van der Waals surface area contributed by atoms with E-state index in [4.69, 9.17) is 0 Å². The van der Waals surface area contributed by atoms with Crippen LogP contribution in [0.15, 0.2) is 58.3 Å². The van der Waals surface area contributed by atoms with E-state index in [1.807, 2.05) is 30.3 Å². The van der Waals surface area contributed by atoms with Crippen LogP contribution in [0.1, 0.15) is 18.4 Å². The Kier molecular flexibility index (Phi) is 4.94. The van der Waals surface area contributed by atoms with Gasteiger partial charge in [-0.25, -0.2) is 27.0 Å². The van der Waals surface area contributed by atoms with Gasteiger partial charge in [0.15, 0.2) is 10.7 Å². The number of nitrogens with zero attached hydrogens (tertiary/aromatic N) is 2. The van der Waals surface area contributed by atoms with Crippen molar-refractivity contribution in [2.45, 2.75) is 23.3 Å². The number of rotatable bonds is 6. The molecule has 3 aromatic rings. The van der Waals surface area contributed by atoms with E-state index in [-0.39, 0.29) is 9.99 Å². The predicted octanol–water partition coefficient (Wildman–Crippen LogP) is 4.40. The molecule has 1 heterocycles. The van der Waals surface area contributed by atoms with Crippen molar-refractivity contribution < 1.29 is 27.1 Å². The molecule has 1 saturated carbocycles. The smallest absolute Gasteiger partial charge is 0.427 e. The molecule has 1 amide bonds. The van der Waals surface area contributed by atoms with Gasteiger partial charge in [0.05, 0.1) is 11.0 Å². The lowest BCUT2D eigenvalue weighted by molar-refractivity contribution is 0.206. The summed E-state index contributed by atoms with van der Waals surface area (Å²) in [6.45, 7) is 0. The first-order valence-electron chi connectivity index (χ1n) is 8.74. The van der Waals surface area contributed by atoms with Crippen LogP contribution in [0.5, 0.6) is 0 Å². The van der Waals surface area contributed by atoms with Crippen molar-refractivity contribution in [3.63, 3.8) is 0 Å². The zero-order chi connectivity index (χ0) is 21.5. The number of carboxylic acid groups (broad SMARTS) is 1. The third-order valence-electron chi connectivity index (χ3n) is 4.76. The first-order chi connectivity index (χ1) is 14.2. The number of amides is 1. The Morgan fingerprint density at radius 1 is 1.17 bits per heavy atom. The molecule has 1 aliphatic carbocycles. The second-order valence-corrected chi connectivity index (χ2v) is 9.18. The predicted molar refractivity (Wildman–Crippen MR) is 107 cm³/mol. The number of sulfonamides is 1. The maximum absolute atomic E-state index is 14.8. The van der Waals surface area contributed by atoms with Crippen molar-refractivity contribution in [3.8, 4) is 0 Å². The van der Waals surface area contributed by atoms with Crippen LogP contribution in [-0.2, 0) is 15.6 Å². The summed E-state index contributed by atoms with van der Waals surface area (Å²) in [6.07, 6.45) is -0.434. The monoisotopic (exact) mass is 451 g/mol. The highest BCUT2D eigenvalue weighted by Crippen LogP contribution is 2.48. The molecular weight excluding hydrogens is 436 g/mol. The maximum Gasteiger partial charge on any atom is 0.427 e.